The van der Waals surface area contributed by atoms with E-state index in [0.29, 0.717) is 0 Å². The molecule has 1 nitrogen and oxygen atoms in total. The molecule has 2 aliphatic carbocycles. The van der Waals surface area contributed by atoms with Crippen molar-refractivity contribution in [2.24, 2.45) is 0 Å². The number of hydrogen-bond acceptors (Lipinski definition) is 1. The van der Waals surface area contributed by atoms with Crippen LogP contribution in [0.2, 0.25) is 0 Å². The number of nitrogens with zero attached hydrogens (tertiary/aromatic N) is 1. The third-order valence-electron chi connectivity index (χ3n) is 4.59. The van der Waals surface area contributed by atoms with Gasteiger partial charge >= 0.3 is 0 Å². The number of fused-ring (bicyclic) bond motifs is 1. The summed E-state index contributed by atoms with van der Waals surface area (Å²) in [5, 5.41) is 1.14. The van der Waals surface area contributed by atoms with Crippen molar-refractivity contribution in [3.8, 4) is 0 Å². The summed E-state index contributed by atoms with van der Waals surface area (Å²) in [4.78, 5) is 2.76. The predicted octanol–water partition coefficient (Wildman–Crippen LogP) is 3.97. The molecule has 0 N–H and O–H groups in total. The first-order valence-electron chi connectivity index (χ1n) is 7.26. The molecule has 0 saturated heterocycles. The monoisotopic (exact) mass is 307 g/mol. The van der Waals surface area contributed by atoms with Crippen molar-refractivity contribution in [2.45, 2.75) is 44.1 Å². The number of hydrogen-bond donors (Lipinski definition) is 0. The molecule has 0 aliphatic heterocycles. The molecular weight excluding hydrogens is 286 g/mol. The van der Waals surface area contributed by atoms with Gasteiger partial charge in [-0.1, -0.05) is 46.6 Å². The highest BCUT2D eigenvalue weighted by Gasteiger charge is 2.31. The highest BCUT2D eigenvalue weighted by molar-refractivity contribution is 9.09. The van der Waals surface area contributed by atoms with E-state index in [9.17, 15) is 0 Å². The maximum Gasteiger partial charge on any atom is 0.00955 e. The quantitative estimate of drug-likeness (QED) is 0.719. The lowest BCUT2D eigenvalue weighted by Crippen LogP contribution is -2.44. The van der Waals surface area contributed by atoms with E-state index < -0.39 is 0 Å². The topological polar surface area (TPSA) is 3.24 Å². The molecule has 1 aromatic carbocycles. The summed E-state index contributed by atoms with van der Waals surface area (Å²) in [6.07, 6.45) is 6.88. The normalized spacial score (nSPS) is 22.4. The maximum atomic E-state index is 3.56. The van der Waals surface area contributed by atoms with Crippen molar-refractivity contribution >= 4 is 15.9 Å². The van der Waals surface area contributed by atoms with Crippen LogP contribution in [0.3, 0.4) is 0 Å². The van der Waals surface area contributed by atoms with Gasteiger partial charge in [-0.3, -0.25) is 4.90 Å². The zero-order chi connectivity index (χ0) is 12.4. The van der Waals surface area contributed by atoms with Crippen LogP contribution in [-0.4, -0.2) is 29.4 Å². The molecule has 18 heavy (non-hydrogen) atoms. The first kappa shape index (κ1) is 12.7. The van der Waals surface area contributed by atoms with Crippen LogP contribution < -0.4 is 0 Å². The summed E-state index contributed by atoms with van der Waals surface area (Å²) in [6, 6.07) is 9.86. The molecule has 0 amide bonds. The van der Waals surface area contributed by atoms with Gasteiger partial charge in [-0.2, -0.15) is 0 Å². The van der Waals surface area contributed by atoms with Gasteiger partial charge in [0.25, 0.3) is 0 Å². The molecule has 1 unspecified atom stereocenters. The van der Waals surface area contributed by atoms with Crippen molar-refractivity contribution in [1.82, 2.24) is 4.90 Å². The SMILES string of the molecule is BrCCCN(CC1Cc2ccccc21)C1CCC1. The van der Waals surface area contributed by atoms with Crippen LogP contribution in [0, 0.1) is 0 Å². The molecule has 0 heterocycles. The van der Waals surface area contributed by atoms with Crippen LogP contribution in [-0.2, 0) is 6.42 Å². The summed E-state index contributed by atoms with van der Waals surface area (Å²) >= 11 is 3.56. The van der Waals surface area contributed by atoms with E-state index in [1.54, 1.807) is 11.1 Å². The Morgan fingerprint density at radius 2 is 2.06 bits per heavy atom. The summed E-state index contributed by atoms with van der Waals surface area (Å²) < 4.78 is 0. The van der Waals surface area contributed by atoms with Crippen molar-refractivity contribution in [1.29, 1.82) is 0 Å². The Balaban J connectivity index is 1.60. The van der Waals surface area contributed by atoms with Crippen LogP contribution in [0.1, 0.15) is 42.7 Å². The number of rotatable bonds is 6. The Morgan fingerprint density at radius 3 is 2.72 bits per heavy atom. The highest BCUT2D eigenvalue weighted by Crippen LogP contribution is 2.37. The largest absolute Gasteiger partial charge is 0.300 e. The van der Waals surface area contributed by atoms with Crippen LogP contribution >= 0.6 is 15.9 Å². The second-order valence-electron chi connectivity index (χ2n) is 5.72. The average molecular weight is 308 g/mol. The fraction of sp³-hybridized carbons (Fsp3) is 0.625. The zero-order valence-corrected chi connectivity index (χ0v) is 12.5. The van der Waals surface area contributed by atoms with E-state index in [1.165, 1.54) is 45.2 Å². The molecular formula is C16H22BrN. The van der Waals surface area contributed by atoms with E-state index in [4.69, 9.17) is 0 Å². The molecule has 1 saturated carbocycles. The Kier molecular flexibility index (Phi) is 4.05. The molecule has 0 aromatic heterocycles. The van der Waals surface area contributed by atoms with Crippen LogP contribution in [0.25, 0.3) is 0 Å². The average Bonchev–Trinajstić information content (AvgIpc) is 2.30. The Bertz CT molecular complexity index is 400. The Morgan fingerprint density at radius 1 is 1.22 bits per heavy atom. The number of halogens is 1. The van der Waals surface area contributed by atoms with Gasteiger partial charge in [-0.25, -0.2) is 0 Å². The van der Waals surface area contributed by atoms with Crippen molar-refractivity contribution in [3.63, 3.8) is 0 Å². The Hall–Kier alpha value is -0.340. The maximum absolute atomic E-state index is 3.56. The standard InChI is InChI=1S/C16H22BrN/c17-9-4-10-18(15-6-3-7-15)12-14-11-13-5-1-2-8-16(13)14/h1-2,5,8,14-15H,3-4,6-7,9-12H2. The van der Waals surface area contributed by atoms with Gasteiger partial charge in [-0.15, -0.1) is 0 Å². The van der Waals surface area contributed by atoms with E-state index in [0.717, 1.165) is 17.3 Å². The fourth-order valence-electron chi connectivity index (χ4n) is 3.25. The van der Waals surface area contributed by atoms with E-state index in [2.05, 4.69) is 45.1 Å². The lowest BCUT2D eigenvalue weighted by Gasteiger charge is -2.42. The third kappa shape index (κ3) is 2.50. The summed E-state index contributed by atoms with van der Waals surface area (Å²) in [5.41, 5.74) is 3.19. The first-order valence-corrected chi connectivity index (χ1v) is 8.38. The molecule has 2 aliphatic rings. The second kappa shape index (κ2) is 5.75. The molecule has 1 aromatic rings. The van der Waals surface area contributed by atoms with Gasteiger partial charge in [0.2, 0.25) is 0 Å². The van der Waals surface area contributed by atoms with E-state index in [1.807, 2.05) is 0 Å². The highest BCUT2D eigenvalue weighted by atomic mass is 79.9. The van der Waals surface area contributed by atoms with Crippen LogP contribution in [0.15, 0.2) is 24.3 Å². The van der Waals surface area contributed by atoms with Crippen LogP contribution in [0.4, 0.5) is 0 Å². The lowest BCUT2D eigenvalue weighted by atomic mass is 9.76. The molecule has 2 heteroatoms. The lowest BCUT2D eigenvalue weighted by molar-refractivity contribution is 0.116. The summed E-state index contributed by atoms with van der Waals surface area (Å²) in [5.74, 6) is 0.803. The second-order valence-corrected chi connectivity index (χ2v) is 6.52. The zero-order valence-electron chi connectivity index (χ0n) is 10.9. The van der Waals surface area contributed by atoms with Gasteiger partial charge in [0, 0.05) is 23.8 Å². The van der Waals surface area contributed by atoms with Gasteiger partial charge in [0.05, 0.1) is 0 Å². The fourth-order valence-corrected chi connectivity index (χ4v) is 3.50. The third-order valence-corrected chi connectivity index (χ3v) is 5.15. The molecule has 1 atom stereocenters. The summed E-state index contributed by atoms with van der Waals surface area (Å²) in [6.45, 7) is 2.56. The Labute approximate surface area is 119 Å². The van der Waals surface area contributed by atoms with Gasteiger partial charge in [0.15, 0.2) is 0 Å². The molecule has 0 bridgehead atoms. The molecule has 1 fully saturated rings. The van der Waals surface area contributed by atoms with Crippen molar-refractivity contribution in [2.75, 3.05) is 18.4 Å². The van der Waals surface area contributed by atoms with Crippen molar-refractivity contribution < 1.29 is 0 Å². The minimum atomic E-state index is 0.803. The minimum Gasteiger partial charge on any atom is -0.300 e. The van der Waals surface area contributed by atoms with Gasteiger partial charge in [0.1, 0.15) is 0 Å². The van der Waals surface area contributed by atoms with Crippen LogP contribution in [0.5, 0.6) is 0 Å². The molecule has 0 radical (unpaired) electrons. The molecule has 0 spiro atoms. The van der Waals surface area contributed by atoms with Gasteiger partial charge in [-0.05, 0) is 43.4 Å². The molecule has 98 valence electrons. The summed E-state index contributed by atoms with van der Waals surface area (Å²) in [7, 11) is 0. The molecule has 3 rings (SSSR count). The van der Waals surface area contributed by atoms with Crippen molar-refractivity contribution in [3.05, 3.63) is 35.4 Å². The minimum absolute atomic E-state index is 0.803. The van der Waals surface area contributed by atoms with E-state index >= 15 is 0 Å². The predicted molar refractivity (Wildman–Crippen MR) is 80.5 cm³/mol. The first-order chi connectivity index (χ1) is 8.88. The van der Waals surface area contributed by atoms with E-state index in [-0.39, 0.29) is 0 Å². The smallest absolute Gasteiger partial charge is 0.00955 e. The number of alkyl halides is 1. The van der Waals surface area contributed by atoms with Gasteiger partial charge < -0.3 is 0 Å². The number of benzene rings is 1.